The fraction of sp³-hybridized carbons (Fsp3) is 0.200. The Morgan fingerprint density at radius 3 is 2.88 bits per heavy atom. The van der Waals surface area contributed by atoms with Gasteiger partial charge in [-0.25, -0.2) is 9.37 Å². The number of nitrogens with zero attached hydrogens (tertiary/aromatic N) is 3. The van der Waals surface area contributed by atoms with Crippen LogP contribution in [0.4, 0.5) is 4.39 Å². The molecule has 6 heteroatoms. The van der Waals surface area contributed by atoms with E-state index >= 15 is 0 Å². The monoisotopic (exact) mass is 367 g/mol. The highest BCUT2D eigenvalue weighted by molar-refractivity contribution is 6.31. The van der Waals surface area contributed by atoms with E-state index < -0.39 is 5.83 Å². The first-order valence-electron chi connectivity index (χ1n) is 8.39. The summed E-state index contributed by atoms with van der Waals surface area (Å²) in [5.41, 5.74) is 3.29. The maximum absolute atomic E-state index is 14.2. The predicted molar refractivity (Wildman–Crippen MR) is 98.9 cm³/mol. The standard InChI is InChI=1S/C20H15ClFN3O/c1-10(22)12-4-3-5-13-18(12)16-9-17(24(2)20(13)26)19-23-14-7-6-11(21)8-15(14)25(16)19/h3-8,16-17H,1,9H2,2H3/t16-,17-/m1/s1. The van der Waals surface area contributed by atoms with Crippen molar-refractivity contribution in [3.05, 3.63) is 70.5 Å². The minimum Gasteiger partial charge on any atom is -0.331 e. The number of hydrogen-bond acceptors (Lipinski definition) is 2. The Morgan fingerprint density at radius 1 is 1.31 bits per heavy atom. The highest BCUT2D eigenvalue weighted by atomic mass is 35.5. The molecule has 0 aliphatic carbocycles. The SMILES string of the molecule is C=C(F)c1cccc2c1[C@H]1C[C@H](c3nc4ccc(Cl)cc4n31)N(C)C2=O. The fourth-order valence-corrected chi connectivity index (χ4v) is 4.49. The lowest BCUT2D eigenvalue weighted by Gasteiger charge is -2.24. The number of carbonyl (C=O) groups is 1. The van der Waals surface area contributed by atoms with Crippen LogP contribution in [-0.4, -0.2) is 27.4 Å². The Morgan fingerprint density at radius 2 is 2.12 bits per heavy atom. The van der Waals surface area contributed by atoms with Gasteiger partial charge in [0.1, 0.15) is 11.7 Å². The van der Waals surface area contributed by atoms with Crippen molar-refractivity contribution in [3.63, 3.8) is 0 Å². The van der Waals surface area contributed by atoms with Crippen LogP contribution >= 0.6 is 11.6 Å². The average Bonchev–Trinajstić information content (AvgIpc) is 3.13. The summed E-state index contributed by atoms with van der Waals surface area (Å²) in [6, 6.07) is 10.3. The molecule has 4 nitrogen and oxygen atoms in total. The number of rotatable bonds is 1. The van der Waals surface area contributed by atoms with Crippen molar-refractivity contribution in [3.8, 4) is 0 Å². The molecular weight excluding hydrogens is 353 g/mol. The topological polar surface area (TPSA) is 38.1 Å². The van der Waals surface area contributed by atoms with Gasteiger partial charge in [-0.2, -0.15) is 0 Å². The summed E-state index contributed by atoms with van der Waals surface area (Å²) in [6.45, 7) is 3.47. The largest absolute Gasteiger partial charge is 0.331 e. The Hall–Kier alpha value is -2.66. The molecule has 0 radical (unpaired) electrons. The van der Waals surface area contributed by atoms with Crippen LogP contribution in [0.5, 0.6) is 0 Å². The molecule has 1 amide bonds. The van der Waals surface area contributed by atoms with Gasteiger partial charge in [-0.1, -0.05) is 30.3 Å². The first-order valence-corrected chi connectivity index (χ1v) is 8.77. The smallest absolute Gasteiger partial charge is 0.254 e. The number of aromatic nitrogens is 2. The van der Waals surface area contributed by atoms with Crippen molar-refractivity contribution < 1.29 is 9.18 Å². The molecule has 3 aromatic rings. The highest BCUT2D eigenvalue weighted by Crippen LogP contribution is 2.49. The van der Waals surface area contributed by atoms with E-state index in [1.807, 2.05) is 12.1 Å². The molecule has 2 aliphatic rings. The summed E-state index contributed by atoms with van der Waals surface area (Å²) < 4.78 is 16.3. The lowest BCUT2D eigenvalue weighted by atomic mass is 9.93. The third kappa shape index (κ3) is 1.89. The number of carbonyl (C=O) groups excluding carboxylic acids is 1. The summed E-state index contributed by atoms with van der Waals surface area (Å²) >= 11 is 6.21. The number of fused-ring (bicyclic) bond motifs is 9. The van der Waals surface area contributed by atoms with Gasteiger partial charge in [0.25, 0.3) is 5.91 Å². The molecule has 2 bridgehead atoms. The quantitative estimate of drug-likeness (QED) is 0.622. The van der Waals surface area contributed by atoms with Crippen LogP contribution in [0.2, 0.25) is 5.02 Å². The van der Waals surface area contributed by atoms with Gasteiger partial charge in [-0.15, -0.1) is 0 Å². The molecule has 0 N–H and O–H groups in total. The number of hydrogen-bond donors (Lipinski definition) is 0. The molecule has 0 saturated heterocycles. The lowest BCUT2D eigenvalue weighted by molar-refractivity contribution is 0.0734. The molecule has 0 saturated carbocycles. The molecule has 0 unspecified atom stereocenters. The first-order chi connectivity index (χ1) is 12.5. The van der Waals surface area contributed by atoms with E-state index in [0.29, 0.717) is 28.1 Å². The van der Waals surface area contributed by atoms with Gasteiger partial charge in [0.15, 0.2) is 0 Å². The lowest BCUT2D eigenvalue weighted by Crippen LogP contribution is -2.30. The van der Waals surface area contributed by atoms with Crippen molar-refractivity contribution in [2.24, 2.45) is 0 Å². The Bertz CT molecular complexity index is 1120. The number of halogens is 2. The van der Waals surface area contributed by atoms with Gasteiger partial charge in [0.2, 0.25) is 0 Å². The molecule has 130 valence electrons. The van der Waals surface area contributed by atoms with Gasteiger partial charge in [-0.05, 0) is 29.8 Å². The summed E-state index contributed by atoms with van der Waals surface area (Å²) in [6.07, 6.45) is 0.657. The van der Waals surface area contributed by atoms with E-state index in [0.717, 1.165) is 16.9 Å². The van der Waals surface area contributed by atoms with E-state index in [-0.39, 0.29) is 18.0 Å². The van der Waals surface area contributed by atoms with Crippen molar-refractivity contribution in [2.45, 2.75) is 18.5 Å². The van der Waals surface area contributed by atoms with Crippen LogP contribution in [0, 0.1) is 0 Å². The zero-order valence-corrected chi connectivity index (χ0v) is 14.8. The second-order valence-electron chi connectivity index (χ2n) is 6.83. The van der Waals surface area contributed by atoms with Crippen molar-refractivity contribution in [2.75, 3.05) is 7.05 Å². The first kappa shape index (κ1) is 15.6. The van der Waals surface area contributed by atoms with Gasteiger partial charge < -0.3 is 9.47 Å². The normalized spacial score (nSPS) is 20.9. The predicted octanol–water partition coefficient (Wildman–Crippen LogP) is 4.75. The maximum Gasteiger partial charge on any atom is 0.254 e. The molecule has 26 heavy (non-hydrogen) atoms. The van der Waals surface area contributed by atoms with Crippen molar-refractivity contribution >= 4 is 34.4 Å². The summed E-state index contributed by atoms with van der Waals surface area (Å²) in [7, 11) is 1.78. The Kier molecular flexibility index (Phi) is 3.10. The average molecular weight is 368 g/mol. The van der Waals surface area contributed by atoms with Gasteiger partial charge >= 0.3 is 0 Å². The molecule has 1 aromatic heterocycles. The van der Waals surface area contributed by atoms with E-state index in [4.69, 9.17) is 16.6 Å². The molecule has 2 aromatic carbocycles. The zero-order valence-electron chi connectivity index (χ0n) is 14.0. The fourth-order valence-electron chi connectivity index (χ4n) is 4.33. The molecular formula is C20H15ClFN3O. The van der Waals surface area contributed by atoms with E-state index in [2.05, 4.69) is 11.1 Å². The van der Waals surface area contributed by atoms with Crippen LogP contribution in [-0.2, 0) is 0 Å². The third-order valence-corrected chi connectivity index (χ3v) is 5.72. The summed E-state index contributed by atoms with van der Waals surface area (Å²) in [4.78, 5) is 19.4. The second-order valence-corrected chi connectivity index (χ2v) is 7.26. The Labute approximate surface area is 154 Å². The third-order valence-electron chi connectivity index (χ3n) is 5.48. The van der Waals surface area contributed by atoms with Gasteiger partial charge in [-0.3, -0.25) is 4.79 Å². The number of amides is 1. The maximum atomic E-state index is 14.2. The summed E-state index contributed by atoms with van der Waals surface area (Å²) in [5, 5.41) is 0.618. The van der Waals surface area contributed by atoms with Crippen LogP contribution in [0.25, 0.3) is 16.9 Å². The molecule has 0 fully saturated rings. The number of benzene rings is 2. The van der Waals surface area contributed by atoms with Crippen LogP contribution < -0.4 is 0 Å². The molecule has 2 atom stereocenters. The van der Waals surface area contributed by atoms with Crippen molar-refractivity contribution in [1.29, 1.82) is 0 Å². The van der Waals surface area contributed by atoms with Gasteiger partial charge in [0, 0.05) is 29.6 Å². The van der Waals surface area contributed by atoms with Gasteiger partial charge in [0.05, 0.1) is 23.1 Å². The van der Waals surface area contributed by atoms with Crippen LogP contribution in [0.15, 0.2) is 43.0 Å². The molecule has 5 rings (SSSR count). The summed E-state index contributed by atoms with van der Waals surface area (Å²) in [5.74, 6) is 0.159. The van der Waals surface area contributed by atoms with E-state index in [1.54, 1.807) is 36.2 Å². The second kappa shape index (κ2) is 5.17. The highest BCUT2D eigenvalue weighted by Gasteiger charge is 2.44. The van der Waals surface area contributed by atoms with Crippen LogP contribution in [0.1, 0.15) is 45.8 Å². The molecule has 3 heterocycles. The minimum absolute atomic E-state index is 0.119. The number of imidazole rings is 1. The van der Waals surface area contributed by atoms with Crippen molar-refractivity contribution in [1.82, 2.24) is 14.5 Å². The Balaban J connectivity index is 1.89. The minimum atomic E-state index is -0.536. The molecule has 0 spiro atoms. The molecule has 2 aliphatic heterocycles. The van der Waals surface area contributed by atoms with Crippen LogP contribution in [0.3, 0.4) is 0 Å². The zero-order chi connectivity index (χ0) is 18.2. The van der Waals surface area contributed by atoms with E-state index in [1.165, 1.54) is 0 Å². The van der Waals surface area contributed by atoms with E-state index in [9.17, 15) is 9.18 Å².